The van der Waals surface area contributed by atoms with Crippen molar-refractivity contribution in [2.24, 2.45) is 5.92 Å². The molecule has 2 aliphatic carbocycles. The van der Waals surface area contributed by atoms with Gasteiger partial charge in [0, 0.05) is 5.56 Å². The van der Waals surface area contributed by atoms with Crippen LogP contribution in [0.1, 0.15) is 70.6 Å². The quantitative estimate of drug-likeness (QED) is 0.316. The van der Waals surface area contributed by atoms with Crippen LogP contribution < -0.4 is 9.83 Å². The zero-order chi connectivity index (χ0) is 25.0. The van der Waals surface area contributed by atoms with Gasteiger partial charge in [0.15, 0.2) is 0 Å². The van der Waals surface area contributed by atoms with Crippen molar-refractivity contribution >= 4 is 24.6 Å². The first-order valence-corrected chi connectivity index (χ1v) is 15.2. The highest BCUT2D eigenvalue weighted by molar-refractivity contribution is 7.67. The van der Waals surface area contributed by atoms with Gasteiger partial charge in [0.25, 0.3) is 7.37 Å². The Balaban J connectivity index is 1.39. The molecule has 2 aromatic carbocycles. The van der Waals surface area contributed by atoms with Gasteiger partial charge < -0.3 is 14.0 Å². The average Bonchev–Trinajstić information content (AvgIpc) is 2.89. The van der Waals surface area contributed by atoms with Crippen LogP contribution in [-0.2, 0) is 23.6 Å². The van der Waals surface area contributed by atoms with Crippen LogP contribution in [0, 0.1) is 5.92 Å². The SMILES string of the molecule is O=C(CC(CP1(=O)Oc2ccccc2-c2ccccc21)C(=O)OC1CCCCC1)OC1CCCCC1. The summed E-state index contributed by atoms with van der Waals surface area (Å²) >= 11 is 0. The highest BCUT2D eigenvalue weighted by atomic mass is 31.2. The van der Waals surface area contributed by atoms with Crippen molar-refractivity contribution in [1.29, 1.82) is 0 Å². The fourth-order valence-corrected chi connectivity index (χ4v) is 8.27. The number of rotatable bonds is 7. The molecule has 0 N–H and O–H groups in total. The number of para-hydroxylation sites is 1. The Morgan fingerprint density at radius 2 is 1.39 bits per heavy atom. The van der Waals surface area contributed by atoms with Crippen LogP contribution in [0.25, 0.3) is 11.1 Å². The molecule has 2 atom stereocenters. The molecule has 3 aliphatic rings. The Hall–Kier alpha value is -2.59. The molecule has 0 spiro atoms. The number of hydrogen-bond donors (Lipinski definition) is 0. The lowest BCUT2D eigenvalue weighted by Gasteiger charge is -2.31. The Morgan fingerprint density at radius 1 is 0.806 bits per heavy atom. The predicted molar refractivity (Wildman–Crippen MR) is 139 cm³/mol. The minimum Gasteiger partial charge on any atom is -0.462 e. The maximum atomic E-state index is 14.4. The smallest absolute Gasteiger partial charge is 0.310 e. The third-order valence-corrected chi connectivity index (χ3v) is 10.1. The van der Waals surface area contributed by atoms with Gasteiger partial charge >= 0.3 is 11.9 Å². The number of fused-ring (bicyclic) bond motifs is 3. The molecule has 1 heterocycles. The Bertz CT molecular complexity index is 1130. The van der Waals surface area contributed by atoms with Crippen LogP contribution in [0.2, 0.25) is 0 Å². The van der Waals surface area contributed by atoms with Gasteiger partial charge in [-0.05, 0) is 69.1 Å². The first-order valence-electron chi connectivity index (χ1n) is 13.4. The first kappa shape index (κ1) is 25.1. The molecule has 2 unspecified atom stereocenters. The van der Waals surface area contributed by atoms with Crippen molar-refractivity contribution in [3.63, 3.8) is 0 Å². The molecule has 2 aromatic rings. The van der Waals surface area contributed by atoms with E-state index in [1.54, 1.807) is 12.1 Å². The Morgan fingerprint density at radius 3 is 2.08 bits per heavy atom. The molecule has 5 rings (SSSR count). The third kappa shape index (κ3) is 5.70. The average molecular weight is 511 g/mol. The zero-order valence-corrected chi connectivity index (χ0v) is 21.6. The molecule has 0 radical (unpaired) electrons. The summed E-state index contributed by atoms with van der Waals surface area (Å²) in [6.07, 6.45) is 9.32. The van der Waals surface area contributed by atoms with Gasteiger partial charge in [-0.15, -0.1) is 0 Å². The number of hydrogen-bond acceptors (Lipinski definition) is 6. The summed E-state index contributed by atoms with van der Waals surface area (Å²) in [5, 5.41) is 0.583. The van der Waals surface area contributed by atoms with Gasteiger partial charge in [-0.1, -0.05) is 49.2 Å². The van der Waals surface area contributed by atoms with Crippen molar-refractivity contribution in [2.45, 2.75) is 82.8 Å². The van der Waals surface area contributed by atoms with E-state index in [-0.39, 0.29) is 24.8 Å². The van der Waals surface area contributed by atoms with E-state index in [4.69, 9.17) is 14.0 Å². The van der Waals surface area contributed by atoms with E-state index in [2.05, 4.69) is 0 Å². The van der Waals surface area contributed by atoms with Crippen LogP contribution in [0.4, 0.5) is 0 Å². The first-order chi connectivity index (χ1) is 17.5. The van der Waals surface area contributed by atoms with Crippen molar-refractivity contribution in [2.75, 3.05) is 6.16 Å². The lowest BCUT2D eigenvalue weighted by Crippen LogP contribution is -2.33. The molecule has 0 saturated heterocycles. The second kappa shape index (κ2) is 11.2. The molecule has 0 bridgehead atoms. The summed E-state index contributed by atoms with van der Waals surface area (Å²) in [5.74, 6) is -1.27. The van der Waals surface area contributed by atoms with E-state index >= 15 is 0 Å². The van der Waals surface area contributed by atoms with E-state index < -0.39 is 25.2 Å². The van der Waals surface area contributed by atoms with Crippen LogP contribution in [-0.4, -0.2) is 30.3 Å². The van der Waals surface area contributed by atoms with Crippen LogP contribution in [0.3, 0.4) is 0 Å². The topological polar surface area (TPSA) is 78.9 Å². The summed E-state index contributed by atoms with van der Waals surface area (Å²) < 4.78 is 32.2. The maximum Gasteiger partial charge on any atom is 0.310 e. The van der Waals surface area contributed by atoms with Gasteiger partial charge in [-0.3, -0.25) is 14.2 Å². The molecule has 0 aromatic heterocycles. The fourth-order valence-electron chi connectivity index (χ4n) is 5.69. The molecule has 1 aliphatic heterocycles. The van der Waals surface area contributed by atoms with Crippen LogP contribution in [0.5, 0.6) is 5.75 Å². The Kier molecular flexibility index (Phi) is 7.81. The number of esters is 2. The van der Waals surface area contributed by atoms with E-state index in [1.165, 1.54) is 0 Å². The van der Waals surface area contributed by atoms with Gasteiger partial charge in [-0.2, -0.15) is 0 Å². The minimum absolute atomic E-state index is 0.0936. The maximum absolute atomic E-state index is 14.4. The van der Waals surface area contributed by atoms with E-state index in [0.717, 1.165) is 75.3 Å². The molecule has 7 heteroatoms. The lowest BCUT2D eigenvalue weighted by atomic mass is 9.97. The largest absolute Gasteiger partial charge is 0.462 e. The van der Waals surface area contributed by atoms with Gasteiger partial charge in [0.1, 0.15) is 18.0 Å². The van der Waals surface area contributed by atoms with Crippen LogP contribution in [0.15, 0.2) is 48.5 Å². The number of carbonyl (C=O) groups is 2. The van der Waals surface area contributed by atoms with Gasteiger partial charge in [0.2, 0.25) is 0 Å². The molecule has 2 fully saturated rings. The molecule has 0 amide bonds. The van der Waals surface area contributed by atoms with Crippen molar-refractivity contribution in [3.8, 4) is 16.9 Å². The normalized spacial score (nSPS) is 23.0. The van der Waals surface area contributed by atoms with Crippen molar-refractivity contribution in [1.82, 2.24) is 0 Å². The summed E-state index contributed by atoms with van der Waals surface area (Å²) in [6.45, 7) is 0. The summed E-state index contributed by atoms with van der Waals surface area (Å²) in [4.78, 5) is 26.4. The van der Waals surface area contributed by atoms with Crippen LogP contribution >= 0.6 is 7.37 Å². The number of ether oxygens (including phenoxy) is 2. The van der Waals surface area contributed by atoms with Gasteiger partial charge in [0.05, 0.1) is 23.8 Å². The summed E-state index contributed by atoms with van der Waals surface area (Å²) in [7, 11) is -3.51. The second-order valence-corrected chi connectivity index (χ2v) is 12.7. The van der Waals surface area contributed by atoms with Crippen molar-refractivity contribution in [3.05, 3.63) is 48.5 Å². The standard InChI is InChI=1S/C29H35O6P/c30-28(33-22-11-3-1-4-12-22)19-21(29(31)34-23-13-5-2-6-14-23)20-36(32)27-18-10-8-16-25(27)24-15-7-9-17-26(24)35-36/h7-10,15-18,21-23H,1-6,11-14,19-20H2. The Labute approximate surface area is 213 Å². The third-order valence-electron chi connectivity index (χ3n) is 7.59. The monoisotopic (exact) mass is 510 g/mol. The lowest BCUT2D eigenvalue weighted by molar-refractivity contribution is -0.161. The second-order valence-electron chi connectivity index (χ2n) is 10.3. The zero-order valence-electron chi connectivity index (χ0n) is 20.7. The van der Waals surface area contributed by atoms with E-state index in [0.29, 0.717) is 11.1 Å². The highest BCUT2D eigenvalue weighted by Crippen LogP contribution is 2.55. The predicted octanol–water partition coefficient (Wildman–Crippen LogP) is 6.41. The molecule has 36 heavy (non-hydrogen) atoms. The molecular formula is C29H35O6P. The minimum atomic E-state index is -3.51. The fraction of sp³-hybridized carbons (Fsp3) is 0.517. The summed E-state index contributed by atoms with van der Waals surface area (Å²) in [5.41, 5.74) is 1.71. The number of benzene rings is 2. The molecule has 6 nitrogen and oxygen atoms in total. The highest BCUT2D eigenvalue weighted by Gasteiger charge is 2.42. The molecule has 192 valence electrons. The van der Waals surface area contributed by atoms with Gasteiger partial charge in [-0.25, -0.2) is 0 Å². The van der Waals surface area contributed by atoms with E-state index in [9.17, 15) is 14.2 Å². The molecule has 2 saturated carbocycles. The van der Waals surface area contributed by atoms with Crippen molar-refractivity contribution < 1.29 is 28.2 Å². The summed E-state index contributed by atoms with van der Waals surface area (Å²) in [6, 6.07) is 15.0. The molecular weight excluding hydrogens is 475 g/mol. The van der Waals surface area contributed by atoms with E-state index in [1.807, 2.05) is 36.4 Å². The number of carbonyl (C=O) groups excluding carboxylic acids is 2.